The Morgan fingerprint density at radius 2 is 1.02 bits per heavy atom. The first-order chi connectivity index (χ1) is 20.8. The maximum Gasteiger partial charge on any atom is 0.0433 e. The van der Waals surface area contributed by atoms with Gasteiger partial charge in [-0.05, 0) is 85.0 Å². The topological polar surface area (TPSA) is 0 Å². The second-order valence-corrected chi connectivity index (χ2v) is 14.4. The molecule has 0 N–H and O–H groups in total. The molecule has 0 amide bonds. The molecule has 0 saturated heterocycles. The fraction of sp³-hybridized carbons (Fsp3) is 0.143. The standard InChI is InChI=1S/C42H32S/c1-41(2)33-17-7-5-14-31(33)38-34(41)21-22-35-39(38)32-20-19-26(24-36(32)42(35,3)4)25-11-9-12-27(23-25)28-15-10-16-30-29-13-6-8-18-37(29)43-40(28)30/h5-24H,1-4H3. The van der Waals surface area contributed by atoms with Gasteiger partial charge in [0.05, 0.1) is 0 Å². The highest BCUT2D eigenvalue weighted by atomic mass is 32.1. The van der Waals surface area contributed by atoms with Gasteiger partial charge < -0.3 is 0 Å². The highest BCUT2D eigenvalue weighted by molar-refractivity contribution is 7.26. The molecular formula is C42H32S. The van der Waals surface area contributed by atoms with Crippen molar-refractivity contribution in [2.24, 2.45) is 0 Å². The zero-order valence-corrected chi connectivity index (χ0v) is 25.8. The molecule has 206 valence electrons. The molecule has 0 nitrogen and oxygen atoms in total. The van der Waals surface area contributed by atoms with Crippen LogP contribution in [0.4, 0.5) is 0 Å². The van der Waals surface area contributed by atoms with Crippen molar-refractivity contribution in [3.05, 3.63) is 144 Å². The molecule has 9 rings (SSSR count). The molecule has 0 spiro atoms. The molecule has 1 aromatic heterocycles. The average molecular weight is 569 g/mol. The third kappa shape index (κ3) is 3.32. The number of fused-ring (bicyclic) bond motifs is 10. The van der Waals surface area contributed by atoms with Gasteiger partial charge in [0.1, 0.15) is 0 Å². The van der Waals surface area contributed by atoms with Crippen molar-refractivity contribution in [1.82, 2.24) is 0 Å². The second-order valence-electron chi connectivity index (χ2n) is 13.3. The lowest BCUT2D eigenvalue weighted by atomic mass is 9.79. The van der Waals surface area contributed by atoms with Crippen LogP contribution in [0.3, 0.4) is 0 Å². The van der Waals surface area contributed by atoms with Crippen LogP contribution in [-0.2, 0) is 10.8 Å². The van der Waals surface area contributed by atoms with E-state index in [1.807, 2.05) is 11.3 Å². The number of benzene rings is 6. The first-order valence-corrected chi connectivity index (χ1v) is 16.1. The molecule has 0 unspecified atom stereocenters. The Labute approximate surface area is 257 Å². The molecule has 2 aliphatic carbocycles. The van der Waals surface area contributed by atoms with E-state index in [1.54, 1.807) is 0 Å². The monoisotopic (exact) mass is 568 g/mol. The van der Waals surface area contributed by atoms with Gasteiger partial charge in [0.2, 0.25) is 0 Å². The van der Waals surface area contributed by atoms with Gasteiger partial charge in [0, 0.05) is 31.0 Å². The minimum atomic E-state index is -0.0718. The zero-order chi connectivity index (χ0) is 29.1. The lowest BCUT2D eigenvalue weighted by molar-refractivity contribution is 0.651. The van der Waals surface area contributed by atoms with E-state index in [9.17, 15) is 0 Å². The molecular weight excluding hydrogens is 537 g/mol. The van der Waals surface area contributed by atoms with Gasteiger partial charge in [0.25, 0.3) is 0 Å². The van der Waals surface area contributed by atoms with Crippen LogP contribution in [-0.4, -0.2) is 0 Å². The Kier molecular flexibility index (Phi) is 4.99. The Hall–Kier alpha value is -4.46. The van der Waals surface area contributed by atoms with Crippen LogP contribution in [0.25, 0.3) is 64.7 Å². The smallest absolute Gasteiger partial charge is 0.0433 e. The summed E-state index contributed by atoms with van der Waals surface area (Å²) in [6.07, 6.45) is 0. The lowest BCUT2D eigenvalue weighted by Gasteiger charge is -2.24. The van der Waals surface area contributed by atoms with Crippen molar-refractivity contribution in [2.45, 2.75) is 38.5 Å². The fourth-order valence-electron chi connectivity index (χ4n) is 8.04. The lowest BCUT2D eigenvalue weighted by Crippen LogP contribution is -2.17. The third-order valence-corrected chi connectivity index (χ3v) is 11.5. The Bertz CT molecular complexity index is 2290. The van der Waals surface area contributed by atoms with E-state index in [1.165, 1.54) is 86.9 Å². The predicted octanol–water partition coefficient (Wildman–Crippen LogP) is 12.0. The van der Waals surface area contributed by atoms with Gasteiger partial charge >= 0.3 is 0 Å². The van der Waals surface area contributed by atoms with Gasteiger partial charge in [-0.15, -0.1) is 11.3 Å². The molecule has 2 aliphatic rings. The van der Waals surface area contributed by atoms with Crippen molar-refractivity contribution in [3.63, 3.8) is 0 Å². The summed E-state index contributed by atoms with van der Waals surface area (Å²) in [6, 6.07) is 45.7. The minimum Gasteiger partial charge on any atom is -0.135 e. The number of thiophene rings is 1. The van der Waals surface area contributed by atoms with Crippen molar-refractivity contribution < 1.29 is 0 Å². The van der Waals surface area contributed by atoms with E-state index >= 15 is 0 Å². The van der Waals surface area contributed by atoms with E-state index in [4.69, 9.17) is 0 Å². The molecule has 43 heavy (non-hydrogen) atoms. The Morgan fingerprint density at radius 1 is 0.419 bits per heavy atom. The molecule has 0 radical (unpaired) electrons. The summed E-state index contributed by atoms with van der Waals surface area (Å²) >= 11 is 1.90. The minimum absolute atomic E-state index is 0.00546. The van der Waals surface area contributed by atoms with Gasteiger partial charge in [-0.1, -0.05) is 131 Å². The van der Waals surface area contributed by atoms with Gasteiger partial charge in [0.15, 0.2) is 0 Å². The molecule has 0 fully saturated rings. The summed E-state index contributed by atoms with van der Waals surface area (Å²) in [5.74, 6) is 0. The first-order valence-electron chi connectivity index (χ1n) is 15.3. The fourth-order valence-corrected chi connectivity index (χ4v) is 9.28. The van der Waals surface area contributed by atoms with E-state index < -0.39 is 0 Å². The number of hydrogen-bond acceptors (Lipinski definition) is 1. The van der Waals surface area contributed by atoms with E-state index in [0.717, 1.165) is 0 Å². The van der Waals surface area contributed by atoms with Crippen molar-refractivity contribution >= 4 is 31.5 Å². The van der Waals surface area contributed by atoms with E-state index in [2.05, 4.69) is 149 Å². The van der Waals surface area contributed by atoms with Crippen LogP contribution in [0.15, 0.2) is 121 Å². The number of rotatable bonds is 2. The molecule has 0 saturated carbocycles. The summed E-state index contributed by atoms with van der Waals surface area (Å²) in [5, 5.41) is 2.69. The molecule has 6 aromatic carbocycles. The van der Waals surface area contributed by atoms with Crippen LogP contribution in [0.2, 0.25) is 0 Å². The number of hydrogen-bond donors (Lipinski definition) is 0. The van der Waals surface area contributed by atoms with Crippen LogP contribution >= 0.6 is 11.3 Å². The van der Waals surface area contributed by atoms with Crippen molar-refractivity contribution in [1.29, 1.82) is 0 Å². The van der Waals surface area contributed by atoms with Gasteiger partial charge in [-0.2, -0.15) is 0 Å². The summed E-state index contributed by atoms with van der Waals surface area (Å²) in [5.41, 5.74) is 16.5. The van der Waals surface area contributed by atoms with Gasteiger partial charge in [-0.25, -0.2) is 0 Å². The van der Waals surface area contributed by atoms with Crippen molar-refractivity contribution in [3.8, 4) is 44.5 Å². The summed E-state index contributed by atoms with van der Waals surface area (Å²) in [7, 11) is 0. The molecule has 0 bridgehead atoms. The Balaban J connectivity index is 1.20. The molecule has 1 heterocycles. The third-order valence-electron chi connectivity index (χ3n) is 10.3. The largest absolute Gasteiger partial charge is 0.135 e. The van der Waals surface area contributed by atoms with Crippen molar-refractivity contribution in [2.75, 3.05) is 0 Å². The van der Waals surface area contributed by atoms with Crippen LogP contribution in [0.5, 0.6) is 0 Å². The Morgan fingerprint density at radius 3 is 1.86 bits per heavy atom. The summed E-state index contributed by atoms with van der Waals surface area (Å²) in [4.78, 5) is 0. The summed E-state index contributed by atoms with van der Waals surface area (Å²) < 4.78 is 2.71. The highest BCUT2D eigenvalue weighted by Gasteiger charge is 2.43. The zero-order valence-electron chi connectivity index (χ0n) is 25.0. The highest BCUT2D eigenvalue weighted by Crippen LogP contribution is 2.59. The van der Waals surface area contributed by atoms with Gasteiger partial charge in [-0.3, -0.25) is 0 Å². The normalized spacial score (nSPS) is 15.3. The maximum absolute atomic E-state index is 2.47. The van der Waals surface area contributed by atoms with E-state index in [-0.39, 0.29) is 10.8 Å². The second kappa shape index (κ2) is 8.56. The molecule has 0 aliphatic heterocycles. The van der Waals surface area contributed by atoms with E-state index in [0.29, 0.717) is 0 Å². The molecule has 1 heteroatoms. The quantitative estimate of drug-likeness (QED) is 0.195. The first kappa shape index (κ1) is 25.1. The van der Waals surface area contributed by atoms with Crippen LogP contribution in [0.1, 0.15) is 49.9 Å². The molecule has 7 aromatic rings. The molecule has 0 atom stereocenters. The average Bonchev–Trinajstić information content (AvgIpc) is 3.61. The summed E-state index contributed by atoms with van der Waals surface area (Å²) in [6.45, 7) is 9.55. The van der Waals surface area contributed by atoms with Crippen LogP contribution in [0, 0.1) is 0 Å². The SMILES string of the molecule is CC1(C)c2ccccc2-c2c1ccc1c2-c2ccc(-c3cccc(-c4cccc5c4sc4ccccc45)c3)cc2C1(C)C. The van der Waals surface area contributed by atoms with Crippen LogP contribution < -0.4 is 0 Å². The predicted molar refractivity (Wildman–Crippen MR) is 185 cm³/mol. The maximum atomic E-state index is 2.47.